The van der Waals surface area contributed by atoms with Gasteiger partial charge in [0, 0.05) is 11.6 Å². The van der Waals surface area contributed by atoms with Crippen molar-refractivity contribution >= 4 is 33.2 Å². The van der Waals surface area contributed by atoms with Crippen molar-refractivity contribution in [2.75, 3.05) is 7.11 Å². The lowest BCUT2D eigenvalue weighted by Gasteiger charge is -2.14. The maximum absolute atomic E-state index is 12.3. The van der Waals surface area contributed by atoms with Gasteiger partial charge in [-0.15, -0.1) is 4.83 Å². The third-order valence-electron chi connectivity index (χ3n) is 3.51. The SMILES string of the molecule is COc1cc(C(=O)NNS(=O)(=O)c2ccc(Cl)c([N+](=O)[O-])c2)ccc1OC(C)C. The zero-order chi connectivity index (χ0) is 21.8. The van der Waals surface area contributed by atoms with Gasteiger partial charge >= 0.3 is 0 Å². The molecule has 10 nitrogen and oxygen atoms in total. The molecule has 0 radical (unpaired) electrons. The number of hydrogen-bond acceptors (Lipinski definition) is 7. The fraction of sp³-hybridized carbons (Fsp3) is 0.235. The summed E-state index contributed by atoms with van der Waals surface area (Å²) in [5.74, 6) is -0.0536. The number of nitrogens with zero attached hydrogens (tertiary/aromatic N) is 1. The summed E-state index contributed by atoms with van der Waals surface area (Å²) in [4.78, 5) is 23.8. The Hall–Kier alpha value is -2.89. The summed E-state index contributed by atoms with van der Waals surface area (Å²) in [5, 5.41) is 10.7. The predicted octanol–water partition coefficient (Wildman–Crippen LogP) is 2.67. The lowest BCUT2D eigenvalue weighted by Crippen LogP contribution is -2.41. The Bertz CT molecular complexity index is 1040. The molecule has 156 valence electrons. The van der Waals surface area contributed by atoms with Crippen molar-refractivity contribution in [1.29, 1.82) is 0 Å². The first-order valence-corrected chi connectivity index (χ1v) is 10.0. The van der Waals surface area contributed by atoms with Crippen LogP contribution in [0.2, 0.25) is 5.02 Å². The van der Waals surface area contributed by atoms with Crippen molar-refractivity contribution in [2.24, 2.45) is 0 Å². The van der Waals surface area contributed by atoms with E-state index in [2.05, 4.69) is 0 Å². The summed E-state index contributed by atoms with van der Waals surface area (Å²) in [7, 11) is -2.87. The number of hydrogen-bond donors (Lipinski definition) is 2. The molecule has 2 aromatic carbocycles. The molecule has 29 heavy (non-hydrogen) atoms. The fourth-order valence-corrected chi connectivity index (χ4v) is 3.25. The maximum atomic E-state index is 12.3. The molecule has 12 heteroatoms. The van der Waals surface area contributed by atoms with Crippen LogP contribution >= 0.6 is 11.6 Å². The number of carbonyl (C=O) groups is 1. The van der Waals surface area contributed by atoms with E-state index in [1.54, 1.807) is 0 Å². The van der Waals surface area contributed by atoms with Crippen LogP contribution in [-0.2, 0) is 10.0 Å². The molecule has 0 aliphatic heterocycles. The monoisotopic (exact) mass is 443 g/mol. The molecule has 0 bridgehead atoms. The number of nitrogens with one attached hydrogen (secondary N) is 2. The predicted molar refractivity (Wildman–Crippen MR) is 105 cm³/mol. The topological polar surface area (TPSA) is 137 Å². The summed E-state index contributed by atoms with van der Waals surface area (Å²) in [5.41, 5.74) is 1.56. The number of hydrazine groups is 1. The molecule has 0 atom stereocenters. The number of rotatable bonds is 8. The van der Waals surface area contributed by atoms with Gasteiger partial charge in [-0.05, 0) is 44.2 Å². The molecule has 2 aromatic rings. The summed E-state index contributed by atoms with van der Waals surface area (Å²) >= 11 is 5.67. The molecule has 0 saturated carbocycles. The number of carbonyl (C=O) groups excluding carboxylic acids is 1. The third-order valence-corrected chi connectivity index (χ3v) is 5.08. The number of nitro groups is 1. The van der Waals surface area contributed by atoms with Gasteiger partial charge in [0.15, 0.2) is 11.5 Å². The van der Waals surface area contributed by atoms with Gasteiger partial charge in [-0.1, -0.05) is 11.6 Å². The van der Waals surface area contributed by atoms with Crippen molar-refractivity contribution in [3.05, 3.63) is 57.1 Å². The van der Waals surface area contributed by atoms with Crippen LogP contribution < -0.4 is 19.7 Å². The molecule has 0 aliphatic carbocycles. The largest absolute Gasteiger partial charge is 0.493 e. The zero-order valence-corrected chi connectivity index (χ0v) is 17.2. The first-order valence-electron chi connectivity index (χ1n) is 8.16. The van der Waals surface area contributed by atoms with Crippen molar-refractivity contribution in [3.8, 4) is 11.5 Å². The highest BCUT2D eigenvalue weighted by atomic mass is 35.5. The van der Waals surface area contributed by atoms with Crippen LogP contribution in [0.15, 0.2) is 41.3 Å². The van der Waals surface area contributed by atoms with Gasteiger partial charge in [0.05, 0.1) is 23.0 Å². The van der Waals surface area contributed by atoms with E-state index < -0.39 is 31.4 Å². The van der Waals surface area contributed by atoms with E-state index in [0.29, 0.717) is 11.5 Å². The number of nitro benzene ring substituents is 1. The highest BCUT2D eigenvalue weighted by Crippen LogP contribution is 2.29. The quantitative estimate of drug-likeness (QED) is 0.472. The Morgan fingerprint density at radius 1 is 1.17 bits per heavy atom. The Morgan fingerprint density at radius 3 is 2.45 bits per heavy atom. The fourth-order valence-electron chi connectivity index (χ4n) is 2.20. The van der Waals surface area contributed by atoms with Crippen LogP contribution in [0.3, 0.4) is 0 Å². The number of benzene rings is 2. The van der Waals surface area contributed by atoms with Gasteiger partial charge in [0.2, 0.25) is 0 Å². The molecule has 0 heterocycles. The first-order chi connectivity index (χ1) is 13.5. The van der Waals surface area contributed by atoms with Crippen LogP contribution in [0.4, 0.5) is 5.69 Å². The number of halogens is 1. The molecule has 0 aromatic heterocycles. The molecular weight excluding hydrogens is 426 g/mol. The Labute approximate surface area is 171 Å². The van der Waals surface area contributed by atoms with Crippen molar-refractivity contribution in [3.63, 3.8) is 0 Å². The van der Waals surface area contributed by atoms with Crippen LogP contribution in [0, 0.1) is 10.1 Å². The van der Waals surface area contributed by atoms with Crippen molar-refractivity contribution in [1.82, 2.24) is 10.3 Å². The highest BCUT2D eigenvalue weighted by Gasteiger charge is 2.22. The van der Waals surface area contributed by atoms with Gasteiger partial charge in [-0.3, -0.25) is 20.3 Å². The van der Waals surface area contributed by atoms with E-state index >= 15 is 0 Å². The summed E-state index contributed by atoms with van der Waals surface area (Å²) < 4.78 is 35.4. The van der Waals surface area contributed by atoms with Crippen LogP contribution in [-0.4, -0.2) is 32.5 Å². The third kappa shape index (κ3) is 5.56. The molecule has 2 rings (SSSR count). The number of methoxy groups -OCH3 is 1. The van der Waals surface area contributed by atoms with Gasteiger partial charge in [0.25, 0.3) is 21.6 Å². The average Bonchev–Trinajstić information content (AvgIpc) is 2.66. The number of ether oxygens (including phenoxy) is 2. The second-order valence-corrected chi connectivity index (χ2v) is 8.05. The van der Waals surface area contributed by atoms with Gasteiger partial charge in [-0.2, -0.15) is 0 Å². The highest BCUT2D eigenvalue weighted by molar-refractivity contribution is 7.89. The minimum Gasteiger partial charge on any atom is -0.493 e. The van der Waals surface area contributed by atoms with Gasteiger partial charge in [-0.25, -0.2) is 8.42 Å². The Balaban J connectivity index is 2.17. The van der Waals surface area contributed by atoms with E-state index in [1.807, 2.05) is 24.1 Å². The van der Waals surface area contributed by atoms with Crippen molar-refractivity contribution in [2.45, 2.75) is 24.8 Å². The Kier molecular flexibility index (Phi) is 7.01. The van der Waals surface area contributed by atoms with E-state index in [4.69, 9.17) is 21.1 Å². The normalized spacial score (nSPS) is 11.2. The van der Waals surface area contributed by atoms with E-state index in [1.165, 1.54) is 25.3 Å². The second kappa shape index (κ2) is 9.07. The molecule has 0 spiro atoms. The molecule has 0 fully saturated rings. The van der Waals surface area contributed by atoms with Gasteiger partial charge < -0.3 is 9.47 Å². The average molecular weight is 444 g/mol. The summed E-state index contributed by atoms with van der Waals surface area (Å²) in [6.45, 7) is 3.66. The molecular formula is C17H18ClN3O7S. The van der Waals surface area contributed by atoms with Crippen LogP contribution in [0.1, 0.15) is 24.2 Å². The van der Waals surface area contributed by atoms with E-state index in [-0.39, 0.29) is 16.7 Å². The zero-order valence-electron chi connectivity index (χ0n) is 15.6. The number of amides is 1. The minimum absolute atomic E-state index is 0.0998. The van der Waals surface area contributed by atoms with E-state index in [0.717, 1.165) is 18.2 Å². The smallest absolute Gasteiger partial charge is 0.289 e. The Morgan fingerprint density at radius 2 is 1.86 bits per heavy atom. The van der Waals surface area contributed by atoms with Crippen LogP contribution in [0.25, 0.3) is 0 Å². The molecule has 2 N–H and O–H groups in total. The first kappa shape index (κ1) is 22.4. The van der Waals surface area contributed by atoms with E-state index in [9.17, 15) is 23.3 Å². The molecule has 1 amide bonds. The minimum atomic E-state index is -4.28. The van der Waals surface area contributed by atoms with Crippen LogP contribution in [0.5, 0.6) is 11.5 Å². The molecule has 0 aliphatic rings. The summed E-state index contributed by atoms with van der Waals surface area (Å²) in [6.07, 6.45) is -0.112. The number of sulfonamides is 1. The van der Waals surface area contributed by atoms with Crippen molar-refractivity contribution < 1.29 is 27.6 Å². The standard InChI is InChI=1S/C17H18ClN3O7S/c1-10(2)28-15-7-4-11(8-16(15)27-3)17(22)19-20-29(25,26)12-5-6-13(18)14(9-12)21(23)24/h4-10,20H,1-3H3,(H,19,22). The van der Waals surface area contributed by atoms with Gasteiger partial charge in [0.1, 0.15) is 5.02 Å². The lowest BCUT2D eigenvalue weighted by atomic mass is 10.2. The molecule has 0 unspecified atom stereocenters. The summed E-state index contributed by atoms with van der Waals surface area (Å²) in [6, 6.07) is 7.27. The molecule has 0 saturated heterocycles. The maximum Gasteiger partial charge on any atom is 0.289 e. The lowest BCUT2D eigenvalue weighted by molar-refractivity contribution is -0.384. The second-order valence-electron chi connectivity index (χ2n) is 5.96.